The lowest BCUT2D eigenvalue weighted by Crippen LogP contribution is -2.34. The highest BCUT2D eigenvalue weighted by Crippen LogP contribution is 2.22. The van der Waals surface area contributed by atoms with E-state index in [-0.39, 0.29) is 11.4 Å². The van der Waals surface area contributed by atoms with E-state index in [1.807, 2.05) is 0 Å². The Morgan fingerprint density at radius 3 is 3.00 bits per heavy atom. The average molecular weight is 265 g/mol. The zero-order valence-corrected chi connectivity index (χ0v) is 11.2. The summed E-state index contributed by atoms with van der Waals surface area (Å²) in [5.74, 6) is -0.644. The molecule has 0 radical (unpaired) electrons. The molecule has 0 aromatic heterocycles. The van der Waals surface area contributed by atoms with Crippen LogP contribution in [-0.4, -0.2) is 29.1 Å². The molecule has 0 bridgehead atoms. The second-order valence-corrected chi connectivity index (χ2v) is 5.26. The third-order valence-electron chi connectivity index (χ3n) is 3.87. The second kappa shape index (κ2) is 6.15. The number of aromatic carboxylic acids is 1. The van der Waals surface area contributed by atoms with Crippen molar-refractivity contribution >= 4 is 5.97 Å². The van der Waals surface area contributed by atoms with Crippen LogP contribution in [0, 0.1) is 11.7 Å². The summed E-state index contributed by atoms with van der Waals surface area (Å²) in [6, 6.07) is 4.01. The molecule has 104 valence electrons. The molecule has 4 heteroatoms. The van der Waals surface area contributed by atoms with E-state index in [4.69, 9.17) is 5.11 Å². The summed E-state index contributed by atoms with van der Waals surface area (Å²) in [6.07, 6.45) is 3.53. The number of rotatable bonds is 4. The van der Waals surface area contributed by atoms with E-state index in [2.05, 4.69) is 11.8 Å². The molecule has 0 spiro atoms. The number of carboxylic acids is 1. The third-order valence-corrected chi connectivity index (χ3v) is 3.87. The molecule has 0 aliphatic carbocycles. The third kappa shape index (κ3) is 3.53. The molecule has 1 aliphatic heterocycles. The van der Waals surface area contributed by atoms with Gasteiger partial charge in [0.15, 0.2) is 0 Å². The molecule has 1 aromatic carbocycles. The predicted octanol–water partition coefficient (Wildman–Crippen LogP) is 3.15. The minimum Gasteiger partial charge on any atom is -0.478 e. The van der Waals surface area contributed by atoms with Crippen LogP contribution in [0.5, 0.6) is 0 Å². The number of likely N-dealkylation sites (tertiary alicyclic amines) is 1. The maximum absolute atomic E-state index is 13.7. The number of nitrogens with zero attached hydrogens (tertiary/aromatic N) is 1. The summed E-state index contributed by atoms with van der Waals surface area (Å²) in [4.78, 5) is 13.1. The molecular formula is C15H20FNO2. The Kier molecular flexibility index (Phi) is 4.53. The van der Waals surface area contributed by atoms with Gasteiger partial charge in [-0.15, -0.1) is 0 Å². The van der Waals surface area contributed by atoms with Crippen molar-refractivity contribution in [2.45, 2.75) is 32.7 Å². The van der Waals surface area contributed by atoms with Crippen molar-refractivity contribution in [1.29, 1.82) is 0 Å². The van der Waals surface area contributed by atoms with Gasteiger partial charge in [0.2, 0.25) is 0 Å². The Labute approximate surface area is 113 Å². The summed E-state index contributed by atoms with van der Waals surface area (Å²) in [5.41, 5.74) is 0.636. The Balaban J connectivity index is 2.09. The fourth-order valence-corrected chi connectivity index (χ4v) is 2.70. The molecule has 2 rings (SSSR count). The van der Waals surface area contributed by atoms with Gasteiger partial charge in [-0.2, -0.15) is 0 Å². The van der Waals surface area contributed by atoms with E-state index in [1.54, 1.807) is 0 Å². The van der Waals surface area contributed by atoms with Crippen molar-refractivity contribution in [2.24, 2.45) is 5.92 Å². The molecule has 0 amide bonds. The molecule has 1 unspecified atom stereocenters. The first kappa shape index (κ1) is 14.0. The lowest BCUT2D eigenvalue weighted by Gasteiger charge is -2.32. The number of carbonyl (C=O) groups is 1. The lowest BCUT2D eigenvalue weighted by molar-refractivity contribution is 0.0696. The van der Waals surface area contributed by atoms with Crippen LogP contribution < -0.4 is 0 Å². The lowest BCUT2D eigenvalue weighted by atomic mass is 9.95. The number of benzene rings is 1. The number of piperidine rings is 1. The SMILES string of the molecule is CCC1CCCN(Cc2cc(C(=O)O)ccc2F)C1. The Hall–Kier alpha value is -1.42. The monoisotopic (exact) mass is 265 g/mol. The minimum atomic E-state index is -1.01. The van der Waals surface area contributed by atoms with Crippen LogP contribution in [0.25, 0.3) is 0 Å². The first-order chi connectivity index (χ1) is 9.10. The van der Waals surface area contributed by atoms with E-state index < -0.39 is 5.97 Å². The van der Waals surface area contributed by atoms with Gasteiger partial charge in [-0.05, 0) is 43.5 Å². The molecule has 1 atom stereocenters. The second-order valence-electron chi connectivity index (χ2n) is 5.26. The fraction of sp³-hybridized carbons (Fsp3) is 0.533. The highest BCUT2D eigenvalue weighted by Gasteiger charge is 2.20. The molecule has 19 heavy (non-hydrogen) atoms. The number of hydrogen-bond donors (Lipinski definition) is 1. The normalized spacial score (nSPS) is 20.4. The summed E-state index contributed by atoms with van der Waals surface area (Å²) in [5, 5.41) is 8.95. The molecule has 0 saturated carbocycles. The predicted molar refractivity (Wildman–Crippen MR) is 71.7 cm³/mol. The van der Waals surface area contributed by atoms with Crippen LogP contribution in [0.15, 0.2) is 18.2 Å². The average Bonchev–Trinajstić information content (AvgIpc) is 2.41. The first-order valence-electron chi connectivity index (χ1n) is 6.84. The first-order valence-corrected chi connectivity index (χ1v) is 6.84. The van der Waals surface area contributed by atoms with Gasteiger partial charge in [-0.1, -0.05) is 13.3 Å². The van der Waals surface area contributed by atoms with Crippen LogP contribution >= 0.6 is 0 Å². The smallest absolute Gasteiger partial charge is 0.335 e. The molecule has 3 nitrogen and oxygen atoms in total. The molecular weight excluding hydrogens is 245 g/mol. The number of halogens is 1. The summed E-state index contributed by atoms with van der Waals surface area (Å²) < 4.78 is 13.7. The largest absolute Gasteiger partial charge is 0.478 e. The molecule has 1 saturated heterocycles. The standard InChI is InChI=1S/C15H20FNO2/c1-2-11-4-3-7-17(9-11)10-13-8-12(15(18)19)5-6-14(13)16/h5-6,8,11H,2-4,7,9-10H2,1H3,(H,18,19). The van der Waals surface area contributed by atoms with E-state index >= 15 is 0 Å². The van der Waals surface area contributed by atoms with Crippen LogP contribution in [0.4, 0.5) is 4.39 Å². The van der Waals surface area contributed by atoms with Crippen molar-refractivity contribution < 1.29 is 14.3 Å². The van der Waals surface area contributed by atoms with Crippen molar-refractivity contribution in [2.75, 3.05) is 13.1 Å². The van der Waals surface area contributed by atoms with Crippen molar-refractivity contribution in [3.8, 4) is 0 Å². The minimum absolute atomic E-state index is 0.153. The van der Waals surface area contributed by atoms with Crippen LogP contribution in [0.1, 0.15) is 42.1 Å². The van der Waals surface area contributed by atoms with Gasteiger partial charge >= 0.3 is 5.97 Å². The van der Waals surface area contributed by atoms with Crippen molar-refractivity contribution in [1.82, 2.24) is 4.90 Å². The van der Waals surface area contributed by atoms with E-state index in [0.29, 0.717) is 18.0 Å². The fourth-order valence-electron chi connectivity index (χ4n) is 2.70. The van der Waals surface area contributed by atoms with E-state index in [0.717, 1.165) is 25.9 Å². The summed E-state index contributed by atoms with van der Waals surface area (Å²) >= 11 is 0. The van der Waals surface area contributed by atoms with Gasteiger partial charge in [0.05, 0.1) is 5.56 Å². The maximum atomic E-state index is 13.7. The highest BCUT2D eigenvalue weighted by molar-refractivity contribution is 5.87. The summed E-state index contributed by atoms with van der Waals surface area (Å²) in [6.45, 7) is 4.63. The topological polar surface area (TPSA) is 40.5 Å². The molecule has 1 aromatic rings. The zero-order valence-electron chi connectivity index (χ0n) is 11.2. The van der Waals surface area contributed by atoms with Crippen molar-refractivity contribution in [3.05, 3.63) is 35.1 Å². The van der Waals surface area contributed by atoms with E-state index in [1.165, 1.54) is 24.6 Å². The van der Waals surface area contributed by atoms with Crippen LogP contribution in [0.3, 0.4) is 0 Å². The number of carboxylic acid groups (broad SMARTS) is 1. The van der Waals surface area contributed by atoms with Gasteiger partial charge < -0.3 is 5.11 Å². The Morgan fingerprint density at radius 2 is 2.32 bits per heavy atom. The van der Waals surface area contributed by atoms with Gasteiger partial charge in [0, 0.05) is 18.7 Å². The quantitative estimate of drug-likeness (QED) is 0.909. The van der Waals surface area contributed by atoms with Gasteiger partial charge in [-0.3, -0.25) is 4.90 Å². The Morgan fingerprint density at radius 1 is 1.53 bits per heavy atom. The molecule has 1 fully saturated rings. The van der Waals surface area contributed by atoms with Crippen LogP contribution in [0.2, 0.25) is 0 Å². The highest BCUT2D eigenvalue weighted by atomic mass is 19.1. The van der Waals surface area contributed by atoms with Crippen LogP contribution in [-0.2, 0) is 6.54 Å². The zero-order chi connectivity index (χ0) is 13.8. The van der Waals surface area contributed by atoms with Gasteiger partial charge in [0.25, 0.3) is 0 Å². The maximum Gasteiger partial charge on any atom is 0.335 e. The van der Waals surface area contributed by atoms with Gasteiger partial charge in [0.1, 0.15) is 5.82 Å². The summed E-state index contributed by atoms with van der Waals surface area (Å²) in [7, 11) is 0. The number of hydrogen-bond acceptors (Lipinski definition) is 2. The Bertz CT molecular complexity index is 461. The molecule has 1 heterocycles. The molecule has 1 aliphatic rings. The van der Waals surface area contributed by atoms with E-state index in [9.17, 15) is 9.18 Å². The van der Waals surface area contributed by atoms with Crippen molar-refractivity contribution in [3.63, 3.8) is 0 Å². The van der Waals surface area contributed by atoms with Gasteiger partial charge in [-0.25, -0.2) is 9.18 Å². The molecule has 1 N–H and O–H groups in total.